The first-order valence-electron chi connectivity index (χ1n) is 4.35. The lowest BCUT2D eigenvalue weighted by Gasteiger charge is -2.17. The highest BCUT2D eigenvalue weighted by Crippen LogP contribution is 2.18. The average Bonchev–Trinajstić information content (AvgIpc) is 2.17. The van der Waals surface area contributed by atoms with E-state index < -0.39 is 0 Å². The van der Waals surface area contributed by atoms with Gasteiger partial charge in [-0.3, -0.25) is 4.79 Å². The number of phenolic OH excluding ortho intramolecular Hbond substituents is 1. The summed E-state index contributed by atoms with van der Waals surface area (Å²) in [5, 5.41) is 12.0. The quantitative estimate of drug-likeness (QED) is 0.739. The van der Waals surface area contributed by atoms with Crippen LogP contribution < -0.4 is 10.2 Å². The molecule has 0 radical (unpaired) electrons. The topological polar surface area (TPSA) is 52.6 Å². The number of aromatic hydroxyl groups is 1. The summed E-state index contributed by atoms with van der Waals surface area (Å²) in [5.74, 6) is 0.115. The molecule has 0 aliphatic heterocycles. The molecule has 0 spiro atoms. The van der Waals surface area contributed by atoms with Crippen LogP contribution in [0, 0.1) is 0 Å². The minimum atomic E-state index is -0.0434. The number of amides is 1. The van der Waals surface area contributed by atoms with Gasteiger partial charge in [0, 0.05) is 18.8 Å². The van der Waals surface area contributed by atoms with Gasteiger partial charge in [0.1, 0.15) is 5.75 Å². The van der Waals surface area contributed by atoms with Crippen molar-refractivity contribution >= 4 is 11.6 Å². The van der Waals surface area contributed by atoms with Gasteiger partial charge in [0.15, 0.2) is 0 Å². The van der Waals surface area contributed by atoms with E-state index in [1.807, 2.05) is 0 Å². The fourth-order valence-corrected chi connectivity index (χ4v) is 1.12. The number of carbonyl (C=O) groups excluding carboxylic acids is 1. The standard InChI is InChI=1S/C10H14N2O2/c1-11-7-10(14)12(2)8-4-3-5-9(13)6-8/h3-6,11,13H,7H2,1-2H3. The summed E-state index contributed by atoms with van der Waals surface area (Å²) in [4.78, 5) is 12.9. The molecular weight excluding hydrogens is 180 g/mol. The van der Waals surface area contributed by atoms with Gasteiger partial charge in [-0.25, -0.2) is 0 Å². The number of carbonyl (C=O) groups is 1. The van der Waals surface area contributed by atoms with E-state index >= 15 is 0 Å². The van der Waals surface area contributed by atoms with Crippen LogP contribution in [0.15, 0.2) is 24.3 Å². The second-order valence-corrected chi connectivity index (χ2v) is 3.00. The van der Waals surface area contributed by atoms with Crippen LogP contribution in [0.4, 0.5) is 5.69 Å². The van der Waals surface area contributed by atoms with Crippen LogP contribution >= 0.6 is 0 Å². The highest BCUT2D eigenvalue weighted by atomic mass is 16.3. The summed E-state index contributed by atoms with van der Waals surface area (Å²) in [7, 11) is 3.39. The number of hydrogen-bond donors (Lipinski definition) is 2. The van der Waals surface area contributed by atoms with E-state index in [9.17, 15) is 9.90 Å². The molecule has 1 aromatic rings. The lowest BCUT2D eigenvalue weighted by Crippen LogP contribution is -2.33. The third-order valence-corrected chi connectivity index (χ3v) is 1.92. The number of nitrogens with one attached hydrogen (secondary N) is 1. The molecule has 2 N–H and O–H groups in total. The van der Waals surface area contributed by atoms with Crippen LogP contribution in [0.2, 0.25) is 0 Å². The maximum atomic E-state index is 11.4. The Labute approximate surface area is 83.2 Å². The first kappa shape index (κ1) is 10.5. The highest BCUT2D eigenvalue weighted by Gasteiger charge is 2.09. The van der Waals surface area contributed by atoms with Crippen molar-refractivity contribution in [3.8, 4) is 5.75 Å². The van der Waals surface area contributed by atoms with E-state index in [2.05, 4.69) is 5.32 Å². The van der Waals surface area contributed by atoms with E-state index in [4.69, 9.17) is 0 Å². The van der Waals surface area contributed by atoms with Crippen LogP contribution in [0.1, 0.15) is 0 Å². The Bertz CT molecular complexity index is 326. The molecule has 4 heteroatoms. The molecule has 0 saturated carbocycles. The molecule has 0 fully saturated rings. The Kier molecular flexibility index (Phi) is 3.48. The van der Waals surface area contributed by atoms with Crippen molar-refractivity contribution in [1.82, 2.24) is 5.32 Å². The van der Waals surface area contributed by atoms with Crippen LogP contribution in [0.5, 0.6) is 5.75 Å². The highest BCUT2D eigenvalue weighted by molar-refractivity contribution is 5.94. The Morgan fingerprint density at radius 2 is 2.29 bits per heavy atom. The predicted octanol–water partition coefficient (Wildman–Crippen LogP) is 0.574. The van der Waals surface area contributed by atoms with Crippen LogP contribution in [0.25, 0.3) is 0 Å². The van der Waals surface area contributed by atoms with E-state index in [1.165, 1.54) is 4.90 Å². The van der Waals surface area contributed by atoms with E-state index in [0.29, 0.717) is 5.69 Å². The van der Waals surface area contributed by atoms with Gasteiger partial charge in [-0.15, -0.1) is 0 Å². The molecule has 0 bridgehead atoms. The molecule has 0 saturated heterocycles. The van der Waals surface area contributed by atoms with Crippen molar-refractivity contribution in [1.29, 1.82) is 0 Å². The van der Waals surface area contributed by atoms with Crippen molar-refractivity contribution in [3.63, 3.8) is 0 Å². The summed E-state index contributed by atoms with van der Waals surface area (Å²) in [5.41, 5.74) is 0.685. The molecule has 1 rings (SSSR count). The zero-order chi connectivity index (χ0) is 10.6. The fourth-order valence-electron chi connectivity index (χ4n) is 1.12. The number of anilines is 1. The fraction of sp³-hybridized carbons (Fsp3) is 0.300. The van der Waals surface area contributed by atoms with Crippen LogP contribution in [-0.4, -0.2) is 31.7 Å². The van der Waals surface area contributed by atoms with E-state index in [0.717, 1.165) is 0 Å². The maximum Gasteiger partial charge on any atom is 0.240 e. The molecule has 4 nitrogen and oxygen atoms in total. The predicted molar refractivity (Wildman–Crippen MR) is 55.4 cm³/mol. The minimum Gasteiger partial charge on any atom is -0.508 e. The smallest absolute Gasteiger partial charge is 0.240 e. The van der Waals surface area contributed by atoms with Gasteiger partial charge in [0.2, 0.25) is 5.91 Å². The monoisotopic (exact) mass is 194 g/mol. The van der Waals surface area contributed by atoms with Gasteiger partial charge in [-0.2, -0.15) is 0 Å². The third kappa shape index (κ3) is 2.47. The number of phenols is 1. The molecular formula is C10H14N2O2. The molecule has 1 amide bonds. The maximum absolute atomic E-state index is 11.4. The molecule has 0 aromatic heterocycles. The van der Waals surface area contributed by atoms with Gasteiger partial charge < -0.3 is 15.3 Å². The first-order chi connectivity index (χ1) is 6.65. The van der Waals surface area contributed by atoms with Crippen molar-refractivity contribution < 1.29 is 9.90 Å². The molecule has 0 atom stereocenters. The normalized spacial score (nSPS) is 9.86. The molecule has 14 heavy (non-hydrogen) atoms. The third-order valence-electron chi connectivity index (χ3n) is 1.92. The summed E-state index contributed by atoms with van der Waals surface area (Å²) in [6.45, 7) is 0.284. The molecule has 0 unspecified atom stereocenters. The molecule has 0 aliphatic carbocycles. The van der Waals surface area contributed by atoms with Crippen molar-refractivity contribution in [2.24, 2.45) is 0 Å². The lowest BCUT2D eigenvalue weighted by molar-refractivity contribution is -0.117. The van der Waals surface area contributed by atoms with Crippen molar-refractivity contribution in [2.45, 2.75) is 0 Å². The van der Waals surface area contributed by atoms with Gasteiger partial charge in [0.05, 0.1) is 6.54 Å². The molecule has 0 heterocycles. The zero-order valence-electron chi connectivity index (χ0n) is 8.32. The Morgan fingerprint density at radius 3 is 2.86 bits per heavy atom. The number of benzene rings is 1. The molecule has 76 valence electrons. The van der Waals surface area contributed by atoms with Crippen LogP contribution in [-0.2, 0) is 4.79 Å². The summed E-state index contributed by atoms with van der Waals surface area (Å²) < 4.78 is 0. The van der Waals surface area contributed by atoms with Gasteiger partial charge in [0.25, 0.3) is 0 Å². The second kappa shape index (κ2) is 4.62. The SMILES string of the molecule is CNCC(=O)N(C)c1cccc(O)c1. The first-order valence-corrected chi connectivity index (χ1v) is 4.35. The van der Waals surface area contributed by atoms with Crippen LogP contribution in [0.3, 0.4) is 0 Å². The Morgan fingerprint density at radius 1 is 1.57 bits per heavy atom. The largest absolute Gasteiger partial charge is 0.508 e. The average molecular weight is 194 g/mol. The molecule has 1 aromatic carbocycles. The number of rotatable bonds is 3. The Hall–Kier alpha value is -1.55. The van der Waals surface area contributed by atoms with Gasteiger partial charge in [-0.05, 0) is 19.2 Å². The Balaban J connectivity index is 2.78. The van der Waals surface area contributed by atoms with Crippen molar-refractivity contribution in [2.75, 3.05) is 25.5 Å². The van der Waals surface area contributed by atoms with E-state index in [-0.39, 0.29) is 18.2 Å². The molecule has 0 aliphatic rings. The summed E-state index contributed by atoms with van der Waals surface area (Å²) in [6.07, 6.45) is 0. The summed E-state index contributed by atoms with van der Waals surface area (Å²) in [6, 6.07) is 6.59. The second-order valence-electron chi connectivity index (χ2n) is 3.00. The van der Waals surface area contributed by atoms with Gasteiger partial charge >= 0.3 is 0 Å². The number of hydrogen-bond acceptors (Lipinski definition) is 3. The zero-order valence-corrected chi connectivity index (χ0v) is 8.32. The minimum absolute atomic E-state index is 0.0434. The van der Waals surface area contributed by atoms with Gasteiger partial charge in [-0.1, -0.05) is 6.07 Å². The van der Waals surface area contributed by atoms with E-state index in [1.54, 1.807) is 38.4 Å². The number of likely N-dealkylation sites (N-methyl/N-ethyl adjacent to an activating group) is 2. The van der Waals surface area contributed by atoms with Crippen molar-refractivity contribution in [3.05, 3.63) is 24.3 Å². The lowest BCUT2D eigenvalue weighted by atomic mass is 10.3. The summed E-state index contributed by atoms with van der Waals surface area (Å²) >= 11 is 0. The number of nitrogens with zero attached hydrogens (tertiary/aromatic N) is 1.